The highest BCUT2D eigenvalue weighted by atomic mass is 35.5. The van der Waals surface area contributed by atoms with Crippen molar-refractivity contribution in [1.29, 1.82) is 0 Å². The molecule has 28 heteroatoms. The summed E-state index contributed by atoms with van der Waals surface area (Å²) in [7, 11) is -8.26. The van der Waals surface area contributed by atoms with Crippen LogP contribution in [0, 0.1) is 22.7 Å². The molecule has 0 spiro atoms. The van der Waals surface area contributed by atoms with Crippen molar-refractivity contribution in [2.75, 3.05) is 54.1 Å². The summed E-state index contributed by atoms with van der Waals surface area (Å²) in [5.41, 5.74) is -1.38. The molecule has 0 radical (unpaired) electrons. The lowest BCUT2D eigenvalue weighted by molar-refractivity contribution is -0.192. The van der Waals surface area contributed by atoms with Crippen molar-refractivity contribution in [3.63, 3.8) is 0 Å². The number of amides is 4. The minimum atomic E-state index is -4.18. The number of halogens is 4. The first kappa shape index (κ1) is 61.2. The third kappa shape index (κ3) is 13.5. The minimum absolute atomic E-state index is 0.0115. The fourth-order valence-electron chi connectivity index (χ4n) is 12.4. The molecule has 84 heavy (non-hydrogen) atoms. The molecule has 4 amide bonds. The largest absolute Gasteiger partial charge is 0.394 e. The van der Waals surface area contributed by atoms with Crippen LogP contribution in [-0.2, 0) is 52.2 Å². The molecule has 6 fully saturated rings. The van der Waals surface area contributed by atoms with Gasteiger partial charge in [-0.2, -0.15) is 40.2 Å². The second-order valence-electron chi connectivity index (χ2n) is 25.2. The lowest BCUT2D eigenvalue weighted by Gasteiger charge is -2.34. The van der Waals surface area contributed by atoms with Gasteiger partial charge in [0.25, 0.3) is 37.8 Å². The maximum atomic E-state index is 13.5. The number of fused-ring (bicyclic) bond motifs is 12. The molecular formula is C56H74ClF3N12O10S2. The minimum Gasteiger partial charge on any atom is -0.368 e. The van der Waals surface area contributed by atoms with E-state index in [0.717, 1.165) is 51.5 Å². The van der Waals surface area contributed by atoms with Gasteiger partial charge in [-0.1, -0.05) is 18.5 Å². The van der Waals surface area contributed by atoms with Crippen LogP contribution in [0.1, 0.15) is 145 Å². The predicted molar refractivity (Wildman–Crippen MR) is 303 cm³/mol. The van der Waals surface area contributed by atoms with Crippen LogP contribution < -0.4 is 29.5 Å². The van der Waals surface area contributed by atoms with E-state index in [1.54, 1.807) is 38.8 Å². The number of aryl methyl sites for hydroxylation is 2. The average molecular weight is 1230 g/mol. The zero-order valence-electron chi connectivity index (χ0n) is 47.9. The first-order valence-electron chi connectivity index (χ1n) is 28.9. The molecule has 10 heterocycles. The van der Waals surface area contributed by atoms with E-state index in [0.29, 0.717) is 86.9 Å². The number of ether oxygens (including phenoxy) is 2. The molecule has 4 atom stereocenters. The highest BCUT2D eigenvalue weighted by Gasteiger charge is 2.62. The Morgan fingerprint density at radius 3 is 1.69 bits per heavy atom. The molecule has 22 nitrogen and oxygen atoms in total. The molecule has 4 saturated heterocycles. The standard InChI is InChI=1S/C28H38N6O5S.C18H22ClN5O3S.C10H14F3NO2/c1-27(2)17-19-5-4-13-32-14-9-23(30-32)40(37,38)31-25(35)20-6-7-22(29-24(20)34(27)18-19)33-15-8-21(26(33)36)39-16-12-28(3)10-11-28;1-18(2)10-12-4-3-8-23-9-7-15(21-23)28(26,27)22-17(25)13-5-6-14(19)20-16(13)24(18)11-12;11-10(12,13)9(2-3-9)4-6-16-7-1-5-14-8(7)15/h6-7,9,14,19,21H,4-5,8,10-13,15-18H2,1-3H3,(H,31,35);5-7,9,12H,3-4,8,10-11H2,1-2H3,(H,22,25);7H,1-6H2,(H,14,15). The Kier molecular flexibility index (Phi) is 17.1. The van der Waals surface area contributed by atoms with Crippen molar-refractivity contribution >= 4 is 72.7 Å². The van der Waals surface area contributed by atoms with Crippen molar-refractivity contribution in [3.8, 4) is 0 Å². The SMILES string of the molecule is CC1(C)CC2CCCn3ccc(n3)S(=O)(=O)NC(=O)c3ccc(Cl)nc3N1C2.CC1(CCOC2CCN(c3ccc4c(n3)N3CC(CCCn5ccc(n5)S(=O)(=O)NC4=O)CC3(C)C)C2=O)CC1.O=C1NCCC1OCCC1(C(F)(F)F)CC1. The number of carbonyl (C=O) groups is 4. The summed E-state index contributed by atoms with van der Waals surface area (Å²) in [5, 5.41) is 10.8. The molecule has 4 aromatic heterocycles. The third-order valence-electron chi connectivity index (χ3n) is 17.8. The molecule has 2 aliphatic carbocycles. The van der Waals surface area contributed by atoms with E-state index < -0.39 is 55.7 Å². The van der Waals surface area contributed by atoms with Gasteiger partial charge in [0.2, 0.25) is 5.91 Å². The Morgan fingerprint density at radius 2 is 1.18 bits per heavy atom. The predicted octanol–water partition coefficient (Wildman–Crippen LogP) is 7.18. The molecule has 6 aliphatic heterocycles. The number of hydrogen-bond acceptors (Lipinski definition) is 16. The summed E-state index contributed by atoms with van der Waals surface area (Å²) < 4.78 is 107. The number of nitrogens with zero attached hydrogens (tertiary/aromatic N) is 9. The lowest BCUT2D eigenvalue weighted by Crippen LogP contribution is -2.41. The molecule has 8 bridgehead atoms. The number of hydrogen-bond donors (Lipinski definition) is 3. The lowest BCUT2D eigenvalue weighted by atomic mass is 9.93. The number of rotatable bonds is 9. The molecule has 458 valence electrons. The molecule has 4 unspecified atom stereocenters. The number of anilines is 3. The van der Waals surface area contributed by atoms with Crippen molar-refractivity contribution in [2.24, 2.45) is 22.7 Å². The first-order chi connectivity index (χ1) is 39.5. The Labute approximate surface area is 492 Å². The van der Waals surface area contributed by atoms with Gasteiger partial charge in [0.15, 0.2) is 10.1 Å². The zero-order valence-corrected chi connectivity index (χ0v) is 50.3. The van der Waals surface area contributed by atoms with Gasteiger partial charge in [0, 0.05) is 82.4 Å². The van der Waals surface area contributed by atoms with E-state index in [2.05, 4.69) is 74.4 Å². The van der Waals surface area contributed by atoms with Crippen LogP contribution in [0.3, 0.4) is 0 Å². The van der Waals surface area contributed by atoms with E-state index in [9.17, 15) is 49.2 Å². The topological polar surface area (TPSA) is 262 Å². The molecule has 12 rings (SSSR count). The van der Waals surface area contributed by atoms with Gasteiger partial charge in [-0.15, -0.1) is 0 Å². The summed E-state index contributed by atoms with van der Waals surface area (Å²) >= 11 is 6.11. The molecule has 0 aromatic carbocycles. The summed E-state index contributed by atoms with van der Waals surface area (Å²) in [6.07, 6.45) is 8.44. The average Bonchev–Trinajstić information content (AvgIpc) is 1.83. The van der Waals surface area contributed by atoms with Crippen LogP contribution in [0.2, 0.25) is 5.15 Å². The summed E-state index contributed by atoms with van der Waals surface area (Å²) in [6, 6.07) is 9.00. The van der Waals surface area contributed by atoms with Crippen molar-refractivity contribution in [3.05, 3.63) is 65.1 Å². The normalized spacial score (nSPS) is 25.9. The maximum absolute atomic E-state index is 13.5. The first-order valence-corrected chi connectivity index (χ1v) is 32.2. The smallest absolute Gasteiger partial charge is 0.368 e. The second-order valence-corrected chi connectivity index (χ2v) is 28.8. The van der Waals surface area contributed by atoms with Crippen LogP contribution >= 0.6 is 11.6 Å². The van der Waals surface area contributed by atoms with E-state index >= 15 is 0 Å². The van der Waals surface area contributed by atoms with Crippen LogP contribution in [0.25, 0.3) is 0 Å². The second kappa shape index (κ2) is 23.4. The van der Waals surface area contributed by atoms with E-state index in [4.69, 9.17) is 26.1 Å². The van der Waals surface area contributed by atoms with Gasteiger partial charge in [-0.25, -0.2) is 19.4 Å². The zero-order chi connectivity index (χ0) is 60.2. The third-order valence-corrected chi connectivity index (χ3v) is 20.4. The fourth-order valence-corrected chi connectivity index (χ4v) is 14.3. The number of nitrogens with one attached hydrogen (secondary N) is 3. The van der Waals surface area contributed by atoms with Crippen LogP contribution in [0.15, 0.2) is 58.8 Å². The van der Waals surface area contributed by atoms with Crippen LogP contribution in [0.4, 0.5) is 30.6 Å². The molecule has 3 N–H and O–H groups in total. The van der Waals surface area contributed by atoms with Gasteiger partial charge in [0.05, 0.1) is 16.5 Å². The van der Waals surface area contributed by atoms with E-state index in [1.165, 1.54) is 37.1 Å². The number of carbonyl (C=O) groups excluding carboxylic acids is 4. The van der Waals surface area contributed by atoms with Crippen molar-refractivity contribution in [1.82, 2.24) is 44.3 Å². The molecule has 2 saturated carbocycles. The van der Waals surface area contributed by atoms with Crippen molar-refractivity contribution < 1.29 is 58.7 Å². The van der Waals surface area contributed by atoms with Crippen LogP contribution in [0.5, 0.6) is 0 Å². The summed E-state index contributed by atoms with van der Waals surface area (Å²) in [5.74, 6) is 0.193. The van der Waals surface area contributed by atoms with Gasteiger partial charge in [-0.3, -0.25) is 33.4 Å². The van der Waals surface area contributed by atoms with Crippen LogP contribution in [-0.4, -0.2) is 139 Å². The van der Waals surface area contributed by atoms with Gasteiger partial charge < -0.3 is 24.6 Å². The number of alkyl halides is 3. The van der Waals surface area contributed by atoms with E-state index in [-0.39, 0.29) is 75.1 Å². The Morgan fingerprint density at radius 1 is 0.655 bits per heavy atom. The monoisotopic (exact) mass is 1230 g/mol. The highest BCUT2D eigenvalue weighted by molar-refractivity contribution is 7.90. The summed E-state index contributed by atoms with van der Waals surface area (Å²) in [6.45, 7) is 14.9. The van der Waals surface area contributed by atoms with Gasteiger partial charge in [0.1, 0.15) is 34.8 Å². The Hall–Kier alpha value is -5.90. The van der Waals surface area contributed by atoms with Crippen molar-refractivity contribution in [2.45, 2.75) is 177 Å². The van der Waals surface area contributed by atoms with E-state index in [1.807, 2.05) is 0 Å². The Bertz CT molecular complexity index is 3390. The fraction of sp³-hybridized carbons (Fsp3) is 0.643. The summed E-state index contributed by atoms with van der Waals surface area (Å²) in [4.78, 5) is 65.8. The van der Waals surface area contributed by atoms with Gasteiger partial charge >= 0.3 is 6.18 Å². The molecular weight excluding hydrogens is 1160 g/mol. The maximum Gasteiger partial charge on any atom is 0.394 e. The molecule has 8 aliphatic rings. The number of aromatic nitrogens is 6. The number of sulfonamides is 2. The quantitative estimate of drug-likeness (QED) is 0.140. The van der Waals surface area contributed by atoms with Gasteiger partial charge in [-0.05, 0) is 165 Å². The number of pyridine rings is 2. The molecule has 4 aromatic rings. The Balaban J connectivity index is 0.000000154. The highest BCUT2D eigenvalue weighted by Crippen LogP contribution is 2.60.